The van der Waals surface area contributed by atoms with Gasteiger partial charge in [-0.1, -0.05) is 20.8 Å². The van der Waals surface area contributed by atoms with Crippen LogP contribution in [0.15, 0.2) is 18.2 Å². The van der Waals surface area contributed by atoms with E-state index in [4.69, 9.17) is 5.73 Å². The molecular formula is C16H28N2O2. The highest BCUT2D eigenvalue weighted by Gasteiger charge is 2.25. The highest BCUT2D eigenvalue weighted by atomic mass is 16.3. The highest BCUT2D eigenvalue weighted by molar-refractivity contribution is 5.40. The second kappa shape index (κ2) is 6.95. The minimum absolute atomic E-state index is 0.0237. The molecule has 0 amide bonds. The van der Waals surface area contributed by atoms with E-state index >= 15 is 0 Å². The van der Waals surface area contributed by atoms with E-state index in [0.717, 1.165) is 25.1 Å². The molecule has 0 aliphatic heterocycles. The van der Waals surface area contributed by atoms with E-state index in [2.05, 4.69) is 32.6 Å². The number of phenolic OH excluding ortho intramolecular Hbond substituents is 2. The number of rotatable bonds is 7. The third-order valence-electron chi connectivity index (χ3n) is 3.70. The van der Waals surface area contributed by atoms with Gasteiger partial charge in [0.15, 0.2) is 0 Å². The molecule has 0 aromatic heterocycles. The summed E-state index contributed by atoms with van der Waals surface area (Å²) in [6.07, 6.45) is 1.03. The van der Waals surface area contributed by atoms with E-state index in [1.807, 2.05) is 0 Å². The molecule has 0 saturated carbocycles. The molecule has 0 fully saturated rings. The van der Waals surface area contributed by atoms with Crippen LogP contribution in [0.4, 0.5) is 0 Å². The topological polar surface area (TPSA) is 69.7 Å². The maximum absolute atomic E-state index is 10.0. The van der Waals surface area contributed by atoms with Gasteiger partial charge >= 0.3 is 0 Å². The Hall–Kier alpha value is -1.26. The summed E-state index contributed by atoms with van der Waals surface area (Å²) in [4.78, 5) is 2.31. The lowest BCUT2D eigenvalue weighted by molar-refractivity contribution is 0.139. The molecule has 20 heavy (non-hydrogen) atoms. The summed E-state index contributed by atoms with van der Waals surface area (Å²) >= 11 is 0. The molecular weight excluding hydrogens is 252 g/mol. The molecule has 0 saturated heterocycles. The van der Waals surface area contributed by atoms with Crippen molar-refractivity contribution in [1.82, 2.24) is 4.90 Å². The van der Waals surface area contributed by atoms with Crippen molar-refractivity contribution >= 4 is 0 Å². The fourth-order valence-corrected chi connectivity index (χ4v) is 2.38. The zero-order valence-corrected chi connectivity index (χ0v) is 13.1. The van der Waals surface area contributed by atoms with Crippen LogP contribution in [-0.4, -0.2) is 34.7 Å². The highest BCUT2D eigenvalue weighted by Crippen LogP contribution is 2.33. The van der Waals surface area contributed by atoms with Crippen molar-refractivity contribution in [3.05, 3.63) is 23.8 Å². The smallest absolute Gasteiger partial charge is 0.120 e. The van der Waals surface area contributed by atoms with Crippen LogP contribution < -0.4 is 5.73 Å². The lowest BCUT2D eigenvalue weighted by Gasteiger charge is -2.36. The van der Waals surface area contributed by atoms with Gasteiger partial charge in [0.25, 0.3) is 0 Å². The fourth-order valence-electron chi connectivity index (χ4n) is 2.38. The van der Waals surface area contributed by atoms with E-state index < -0.39 is 0 Å². The van der Waals surface area contributed by atoms with Crippen LogP contribution in [0.1, 0.15) is 45.7 Å². The van der Waals surface area contributed by atoms with Crippen molar-refractivity contribution in [2.75, 3.05) is 19.6 Å². The summed E-state index contributed by atoms with van der Waals surface area (Å²) in [5.74, 6) is 0.404. The summed E-state index contributed by atoms with van der Waals surface area (Å²) in [5, 5.41) is 19.6. The number of hydrogen-bond acceptors (Lipinski definition) is 4. The SMILES string of the molecule is CCCN(CC(C)(C)CN)C(C)c1cc(O)ccc1O. The Morgan fingerprint density at radius 3 is 2.50 bits per heavy atom. The van der Waals surface area contributed by atoms with Crippen LogP contribution in [0, 0.1) is 5.41 Å². The van der Waals surface area contributed by atoms with Gasteiger partial charge in [-0.3, -0.25) is 4.90 Å². The number of aromatic hydroxyl groups is 2. The van der Waals surface area contributed by atoms with Crippen molar-refractivity contribution in [2.45, 2.75) is 40.2 Å². The van der Waals surface area contributed by atoms with Crippen molar-refractivity contribution in [3.63, 3.8) is 0 Å². The second-order valence-corrected chi connectivity index (χ2v) is 6.26. The zero-order chi connectivity index (χ0) is 15.3. The number of phenols is 2. The van der Waals surface area contributed by atoms with Gasteiger partial charge < -0.3 is 15.9 Å². The molecule has 1 atom stereocenters. The maximum atomic E-state index is 10.0. The molecule has 0 spiro atoms. The molecule has 0 aliphatic rings. The van der Waals surface area contributed by atoms with Gasteiger partial charge in [-0.2, -0.15) is 0 Å². The molecule has 0 heterocycles. The Morgan fingerprint density at radius 1 is 1.30 bits per heavy atom. The first-order chi connectivity index (χ1) is 9.30. The monoisotopic (exact) mass is 280 g/mol. The van der Waals surface area contributed by atoms with Gasteiger partial charge in [0.05, 0.1) is 0 Å². The summed E-state index contributed by atoms with van der Waals surface area (Å²) in [6, 6.07) is 4.71. The van der Waals surface area contributed by atoms with Crippen LogP contribution in [0.25, 0.3) is 0 Å². The molecule has 0 radical (unpaired) electrons. The summed E-state index contributed by atoms with van der Waals surface area (Å²) in [6.45, 7) is 10.9. The number of hydrogen-bond donors (Lipinski definition) is 3. The van der Waals surface area contributed by atoms with Crippen molar-refractivity contribution in [2.24, 2.45) is 11.1 Å². The van der Waals surface area contributed by atoms with E-state index in [1.54, 1.807) is 12.1 Å². The Kier molecular flexibility index (Phi) is 5.84. The van der Waals surface area contributed by atoms with Crippen LogP contribution in [-0.2, 0) is 0 Å². The second-order valence-electron chi connectivity index (χ2n) is 6.26. The van der Waals surface area contributed by atoms with Crippen molar-refractivity contribution in [1.29, 1.82) is 0 Å². The summed E-state index contributed by atoms with van der Waals surface area (Å²) in [5.41, 5.74) is 6.61. The normalized spacial score (nSPS) is 13.7. The molecule has 0 aliphatic carbocycles. The summed E-state index contributed by atoms with van der Waals surface area (Å²) < 4.78 is 0. The lowest BCUT2D eigenvalue weighted by Crippen LogP contribution is -2.40. The van der Waals surface area contributed by atoms with E-state index in [1.165, 1.54) is 6.07 Å². The Labute approximate surface area is 122 Å². The van der Waals surface area contributed by atoms with Gasteiger partial charge in [-0.15, -0.1) is 0 Å². The molecule has 1 unspecified atom stereocenters. The van der Waals surface area contributed by atoms with Crippen molar-refractivity contribution < 1.29 is 10.2 Å². The fraction of sp³-hybridized carbons (Fsp3) is 0.625. The molecule has 4 N–H and O–H groups in total. The Balaban J connectivity index is 2.98. The van der Waals surface area contributed by atoms with Gasteiger partial charge in [0, 0.05) is 18.2 Å². The molecule has 1 rings (SSSR count). The zero-order valence-electron chi connectivity index (χ0n) is 13.1. The first kappa shape index (κ1) is 16.8. The molecule has 1 aromatic carbocycles. The van der Waals surface area contributed by atoms with Crippen LogP contribution in [0.3, 0.4) is 0 Å². The average Bonchev–Trinajstić information content (AvgIpc) is 2.40. The molecule has 4 nitrogen and oxygen atoms in total. The largest absolute Gasteiger partial charge is 0.508 e. The number of nitrogens with zero attached hydrogens (tertiary/aromatic N) is 1. The van der Waals surface area contributed by atoms with Gasteiger partial charge in [0.1, 0.15) is 11.5 Å². The predicted octanol–water partition coefficient (Wildman–Crippen LogP) is 2.86. The standard InChI is InChI=1S/C16H28N2O2/c1-5-8-18(11-16(3,4)10-17)12(2)14-9-13(19)6-7-15(14)20/h6-7,9,12,19-20H,5,8,10-11,17H2,1-4H3. The van der Waals surface area contributed by atoms with E-state index in [9.17, 15) is 10.2 Å². The summed E-state index contributed by atoms with van der Waals surface area (Å²) in [7, 11) is 0. The molecule has 1 aromatic rings. The third-order valence-corrected chi connectivity index (χ3v) is 3.70. The maximum Gasteiger partial charge on any atom is 0.120 e. The number of benzene rings is 1. The van der Waals surface area contributed by atoms with Crippen molar-refractivity contribution in [3.8, 4) is 11.5 Å². The number of nitrogens with two attached hydrogens (primary N) is 1. The minimum Gasteiger partial charge on any atom is -0.508 e. The lowest BCUT2D eigenvalue weighted by atomic mass is 9.91. The van der Waals surface area contributed by atoms with E-state index in [-0.39, 0.29) is 23.0 Å². The van der Waals surface area contributed by atoms with Gasteiger partial charge in [-0.05, 0) is 50.0 Å². The quantitative estimate of drug-likeness (QED) is 0.672. The van der Waals surface area contributed by atoms with E-state index in [0.29, 0.717) is 6.54 Å². The van der Waals surface area contributed by atoms with Crippen LogP contribution >= 0.6 is 0 Å². The Morgan fingerprint density at radius 2 is 1.95 bits per heavy atom. The minimum atomic E-state index is 0.0237. The first-order valence-corrected chi connectivity index (χ1v) is 7.26. The van der Waals surface area contributed by atoms with Crippen LogP contribution in [0.2, 0.25) is 0 Å². The molecule has 4 heteroatoms. The Bertz CT molecular complexity index is 432. The van der Waals surface area contributed by atoms with Crippen LogP contribution in [0.5, 0.6) is 11.5 Å². The van der Waals surface area contributed by atoms with Gasteiger partial charge in [-0.25, -0.2) is 0 Å². The third kappa shape index (κ3) is 4.39. The first-order valence-electron chi connectivity index (χ1n) is 7.26. The van der Waals surface area contributed by atoms with Gasteiger partial charge in [0.2, 0.25) is 0 Å². The molecule has 114 valence electrons. The predicted molar refractivity (Wildman–Crippen MR) is 82.9 cm³/mol. The average molecular weight is 280 g/mol. The molecule has 0 bridgehead atoms.